The molecule has 0 aliphatic rings. The molecule has 13 heavy (non-hydrogen) atoms. The van der Waals surface area contributed by atoms with Crippen molar-refractivity contribution in [2.75, 3.05) is 13.7 Å². The van der Waals surface area contributed by atoms with E-state index < -0.39 is 0 Å². The number of nitrogens with zero attached hydrogens (tertiary/aromatic N) is 3. The molecule has 0 unspecified atom stereocenters. The number of methoxy groups -OCH3 is 1. The van der Waals surface area contributed by atoms with Gasteiger partial charge in [0.15, 0.2) is 0 Å². The molecule has 4 nitrogen and oxygen atoms in total. The van der Waals surface area contributed by atoms with Crippen LogP contribution < -0.4 is 0 Å². The third-order valence-corrected chi connectivity index (χ3v) is 1.20. The number of rotatable bonds is 1. The van der Waals surface area contributed by atoms with Crippen molar-refractivity contribution in [1.29, 1.82) is 5.26 Å². The second-order valence-corrected chi connectivity index (χ2v) is 2.14. The first-order valence-electron chi connectivity index (χ1n) is 3.57. The fourth-order valence-electron chi connectivity index (χ4n) is 0.661. The van der Waals surface area contributed by atoms with E-state index in [1.54, 1.807) is 7.11 Å². The average Bonchev–Trinajstić information content (AvgIpc) is 2.19. The summed E-state index contributed by atoms with van der Waals surface area (Å²) in [6.45, 7) is 0.375. The highest BCUT2D eigenvalue weighted by Crippen LogP contribution is 1.91. The Hall–Kier alpha value is -1.91. The zero-order valence-corrected chi connectivity index (χ0v) is 7.11. The van der Waals surface area contributed by atoms with Crippen molar-refractivity contribution < 1.29 is 4.74 Å². The van der Waals surface area contributed by atoms with Crippen LogP contribution in [0.2, 0.25) is 0 Å². The lowest BCUT2D eigenvalue weighted by Gasteiger charge is -1.88. The third kappa shape index (κ3) is 2.90. The van der Waals surface area contributed by atoms with Gasteiger partial charge in [0.25, 0.3) is 0 Å². The highest BCUT2D eigenvalue weighted by molar-refractivity contribution is 5.30. The molecular formula is C9H7N3O. The Morgan fingerprint density at radius 1 is 1.46 bits per heavy atom. The number of nitriles is 1. The smallest absolute Gasteiger partial charge is 0.232 e. The minimum atomic E-state index is 0.150. The summed E-state index contributed by atoms with van der Waals surface area (Å²) in [5.74, 6) is 5.69. The Morgan fingerprint density at radius 2 is 2.15 bits per heavy atom. The molecule has 0 N–H and O–H groups in total. The van der Waals surface area contributed by atoms with E-state index in [0.29, 0.717) is 12.2 Å². The van der Waals surface area contributed by atoms with Gasteiger partial charge in [0.2, 0.25) is 5.82 Å². The summed E-state index contributed by atoms with van der Waals surface area (Å²) < 4.78 is 4.74. The van der Waals surface area contributed by atoms with E-state index in [1.807, 2.05) is 6.07 Å². The van der Waals surface area contributed by atoms with Gasteiger partial charge in [-0.25, -0.2) is 9.97 Å². The van der Waals surface area contributed by atoms with Crippen LogP contribution in [-0.2, 0) is 4.74 Å². The van der Waals surface area contributed by atoms with Crippen molar-refractivity contribution in [3.8, 4) is 17.9 Å². The largest absolute Gasteiger partial charge is 0.372 e. The van der Waals surface area contributed by atoms with E-state index in [9.17, 15) is 0 Å². The maximum atomic E-state index is 8.41. The SMILES string of the molecule is COCC#Cc1cnc(C#N)nc1. The maximum Gasteiger partial charge on any atom is 0.232 e. The van der Waals surface area contributed by atoms with Gasteiger partial charge in [0.05, 0.1) is 5.56 Å². The van der Waals surface area contributed by atoms with Gasteiger partial charge in [-0.1, -0.05) is 11.8 Å². The van der Waals surface area contributed by atoms with Crippen LogP contribution in [0.3, 0.4) is 0 Å². The molecule has 1 heterocycles. The first kappa shape index (κ1) is 9.18. The molecule has 0 bridgehead atoms. The van der Waals surface area contributed by atoms with Crippen molar-refractivity contribution in [3.63, 3.8) is 0 Å². The fourth-order valence-corrected chi connectivity index (χ4v) is 0.661. The topological polar surface area (TPSA) is 58.8 Å². The lowest BCUT2D eigenvalue weighted by Crippen LogP contribution is -1.89. The van der Waals surface area contributed by atoms with E-state index in [0.717, 1.165) is 0 Å². The molecule has 1 aromatic rings. The maximum absolute atomic E-state index is 8.41. The van der Waals surface area contributed by atoms with Crippen molar-refractivity contribution in [2.45, 2.75) is 0 Å². The Kier molecular flexibility index (Phi) is 3.44. The Morgan fingerprint density at radius 3 is 2.69 bits per heavy atom. The van der Waals surface area contributed by atoms with Crippen LogP contribution in [0, 0.1) is 23.2 Å². The first-order chi connectivity index (χ1) is 6.36. The Bertz CT molecular complexity index is 367. The molecule has 0 atom stereocenters. The molecule has 64 valence electrons. The van der Waals surface area contributed by atoms with E-state index in [-0.39, 0.29) is 5.82 Å². The van der Waals surface area contributed by atoms with Crippen molar-refractivity contribution >= 4 is 0 Å². The van der Waals surface area contributed by atoms with Crippen LogP contribution in [0.1, 0.15) is 11.4 Å². The van der Waals surface area contributed by atoms with Gasteiger partial charge in [-0.15, -0.1) is 0 Å². The van der Waals surface area contributed by atoms with Crippen LogP contribution in [0.4, 0.5) is 0 Å². The van der Waals surface area contributed by atoms with Gasteiger partial charge < -0.3 is 4.74 Å². The lowest BCUT2D eigenvalue weighted by atomic mass is 10.3. The van der Waals surface area contributed by atoms with E-state index in [2.05, 4.69) is 21.8 Å². The van der Waals surface area contributed by atoms with Gasteiger partial charge in [-0.05, 0) is 0 Å². The molecule has 0 saturated heterocycles. The van der Waals surface area contributed by atoms with Crippen molar-refractivity contribution in [2.24, 2.45) is 0 Å². The summed E-state index contributed by atoms with van der Waals surface area (Å²) in [4.78, 5) is 7.52. The Labute approximate surface area is 76.2 Å². The highest BCUT2D eigenvalue weighted by Gasteiger charge is 1.91. The van der Waals surface area contributed by atoms with Crippen molar-refractivity contribution in [3.05, 3.63) is 23.8 Å². The quantitative estimate of drug-likeness (QED) is 0.575. The first-order valence-corrected chi connectivity index (χ1v) is 3.57. The number of ether oxygens (including phenoxy) is 1. The van der Waals surface area contributed by atoms with Gasteiger partial charge in [-0.2, -0.15) is 5.26 Å². The molecule has 0 fully saturated rings. The minimum absolute atomic E-state index is 0.150. The summed E-state index contributed by atoms with van der Waals surface area (Å²) in [6.07, 6.45) is 3.02. The van der Waals surface area contributed by atoms with E-state index >= 15 is 0 Å². The fraction of sp³-hybridized carbons (Fsp3) is 0.222. The van der Waals surface area contributed by atoms with Gasteiger partial charge >= 0.3 is 0 Å². The predicted molar refractivity (Wildman–Crippen MR) is 45.5 cm³/mol. The third-order valence-electron chi connectivity index (χ3n) is 1.20. The van der Waals surface area contributed by atoms with Crippen LogP contribution in [0.5, 0.6) is 0 Å². The molecular weight excluding hydrogens is 166 g/mol. The summed E-state index contributed by atoms with van der Waals surface area (Å²) in [5, 5.41) is 8.41. The molecule has 0 aliphatic heterocycles. The summed E-state index contributed by atoms with van der Waals surface area (Å²) in [6, 6.07) is 1.83. The summed E-state index contributed by atoms with van der Waals surface area (Å²) in [5.41, 5.74) is 0.677. The second-order valence-electron chi connectivity index (χ2n) is 2.14. The van der Waals surface area contributed by atoms with Gasteiger partial charge in [0.1, 0.15) is 12.7 Å². The summed E-state index contributed by atoms with van der Waals surface area (Å²) >= 11 is 0. The predicted octanol–water partition coefficient (Wildman–Crippen LogP) is 0.346. The molecule has 0 amide bonds. The molecule has 1 aromatic heterocycles. The zero-order chi connectivity index (χ0) is 9.52. The standard InChI is InChI=1S/C9H7N3O/c1-13-4-2-3-8-6-11-9(5-10)12-7-8/h6-7H,4H2,1H3. The second kappa shape index (κ2) is 4.87. The minimum Gasteiger partial charge on any atom is -0.372 e. The molecule has 1 rings (SSSR count). The zero-order valence-electron chi connectivity index (χ0n) is 7.11. The molecule has 0 saturated carbocycles. The Balaban J connectivity index is 2.72. The molecule has 0 spiro atoms. The number of hydrogen-bond acceptors (Lipinski definition) is 4. The monoisotopic (exact) mass is 173 g/mol. The van der Waals surface area contributed by atoms with Crippen LogP contribution in [0.15, 0.2) is 12.4 Å². The lowest BCUT2D eigenvalue weighted by molar-refractivity contribution is 0.240. The molecule has 0 aromatic carbocycles. The van der Waals surface area contributed by atoms with Gasteiger partial charge in [-0.3, -0.25) is 0 Å². The average molecular weight is 173 g/mol. The highest BCUT2D eigenvalue weighted by atomic mass is 16.5. The molecule has 0 radical (unpaired) electrons. The normalized spacial score (nSPS) is 8.31. The van der Waals surface area contributed by atoms with Crippen LogP contribution in [-0.4, -0.2) is 23.7 Å². The number of aromatic nitrogens is 2. The van der Waals surface area contributed by atoms with Gasteiger partial charge in [0, 0.05) is 19.5 Å². The van der Waals surface area contributed by atoms with E-state index in [1.165, 1.54) is 12.4 Å². The van der Waals surface area contributed by atoms with E-state index in [4.69, 9.17) is 10.00 Å². The molecule has 0 aliphatic carbocycles. The van der Waals surface area contributed by atoms with Crippen LogP contribution >= 0.6 is 0 Å². The number of hydrogen-bond donors (Lipinski definition) is 0. The molecule has 4 heteroatoms. The van der Waals surface area contributed by atoms with Crippen LogP contribution in [0.25, 0.3) is 0 Å². The summed E-state index contributed by atoms with van der Waals surface area (Å²) in [7, 11) is 1.57. The van der Waals surface area contributed by atoms with Crippen molar-refractivity contribution in [1.82, 2.24) is 9.97 Å².